The molecule has 0 saturated carbocycles. The number of carbonyl (C=O) groups excluding carboxylic acids is 1. The molecule has 0 bridgehead atoms. The molecule has 120 valence electrons. The number of hydrogen-bond donors (Lipinski definition) is 2. The van der Waals surface area contributed by atoms with Crippen LogP contribution in [0.1, 0.15) is 12.5 Å². The number of anilines is 1. The van der Waals surface area contributed by atoms with Gasteiger partial charge in [0, 0.05) is 11.8 Å². The van der Waals surface area contributed by atoms with Gasteiger partial charge in [-0.15, -0.1) is 0 Å². The van der Waals surface area contributed by atoms with Crippen molar-refractivity contribution in [1.82, 2.24) is 5.32 Å². The number of amides is 2. The summed E-state index contributed by atoms with van der Waals surface area (Å²) in [7, 11) is 0. The predicted octanol–water partition coefficient (Wildman–Crippen LogP) is 3.14. The molecule has 1 aliphatic rings. The Balaban J connectivity index is 1.50. The van der Waals surface area contributed by atoms with Gasteiger partial charge in [0.15, 0.2) is 18.2 Å². The van der Waals surface area contributed by atoms with E-state index in [2.05, 4.69) is 17.6 Å². The second kappa shape index (κ2) is 6.91. The lowest BCUT2D eigenvalue weighted by Gasteiger charge is -2.12. The summed E-state index contributed by atoms with van der Waals surface area (Å²) in [5, 5.41) is 5.38. The molecule has 0 aliphatic carbocycles. The summed E-state index contributed by atoms with van der Waals surface area (Å²) in [6.07, 6.45) is 0.875. The molecule has 0 spiro atoms. The highest BCUT2D eigenvalue weighted by Gasteiger charge is 2.14. The summed E-state index contributed by atoms with van der Waals surface area (Å²) in [6.45, 7) is 2.35. The monoisotopic (exact) mass is 314 g/mol. The van der Waals surface area contributed by atoms with Crippen LogP contribution in [0, 0.1) is 0 Å². The van der Waals surface area contributed by atoms with Crippen LogP contribution >= 0.6 is 0 Å². The Bertz CT molecular complexity index is 703. The van der Waals surface area contributed by atoms with Gasteiger partial charge in [-0.05, 0) is 30.2 Å². The summed E-state index contributed by atoms with van der Waals surface area (Å²) >= 11 is 0. The molecule has 1 aliphatic heterocycles. The number of fused-ring (bicyclic) bond motifs is 1. The van der Waals surface area contributed by atoms with E-state index in [1.165, 1.54) is 0 Å². The van der Waals surface area contributed by atoms with E-state index < -0.39 is 0 Å². The van der Waals surface area contributed by atoms with Crippen molar-refractivity contribution in [2.24, 2.45) is 0 Å². The molecule has 0 atom stereocenters. The number of ether oxygens (including phenoxy) is 3. The van der Waals surface area contributed by atoms with Gasteiger partial charge in [0.2, 0.25) is 6.79 Å². The van der Waals surface area contributed by atoms with Crippen molar-refractivity contribution < 1.29 is 19.0 Å². The van der Waals surface area contributed by atoms with Crippen molar-refractivity contribution in [3.8, 4) is 17.2 Å². The van der Waals surface area contributed by atoms with Crippen molar-refractivity contribution >= 4 is 11.7 Å². The van der Waals surface area contributed by atoms with Gasteiger partial charge >= 0.3 is 6.03 Å². The molecule has 2 N–H and O–H groups in total. The molecular weight excluding hydrogens is 296 g/mol. The number of carbonyl (C=O) groups is 1. The number of aryl methyl sites for hydroxylation is 1. The van der Waals surface area contributed by atoms with E-state index in [1.807, 2.05) is 24.3 Å². The van der Waals surface area contributed by atoms with Crippen LogP contribution in [0.5, 0.6) is 17.2 Å². The number of hydrogen-bond acceptors (Lipinski definition) is 4. The Morgan fingerprint density at radius 1 is 1.17 bits per heavy atom. The SMILES string of the molecule is CCc1ccccc1OCNC(=O)Nc1ccc2c(c1)OCO2. The maximum absolute atomic E-state index is 11.9. The lowest BCUT2D eigenvalue weighted by molar-refractivity contribution is 0.174. The fourth-order valence-corrected chi connectivity index (χ4v) is 2.27. The molecule has 0 radical (unpaired) electrons. The number of benzene rings is 2. The normalized spacial score (nSPS) is 11.9. The van der Waals surface area contributed by atoms with Crippen molar-refractivity contribution in [3.63, 3.8) is 0 Å². The minimum Gasteiger partial charge on any atom is -0.473 e. The Kier molecular flexibility index (Phi) is 4.52. The van der Waals surface area contributed by atoms with Gasteiger partial charge < -0.3 is 24.8 Å². The van der Waals surface area contributed by atoms with Gasteiger partial charge in [-0.1, -0.05) is 25.1 Å². The summed E-state index contributed by atoms with van der Waals surface area (Å²) in [5.41, 5.74) is 1.73. The fourth-order valence-electron chi connectivity index (χ4n) is 2.27. The highest BCUT2D eigenvalue weighted by molar-refractivity contribution is 5.89. The molecule has 1 heterocycles. The van der Waals surface area contributed by atoms with Gasteiger partial charge in [0.05, 0.1) is 0 Å². The van der Waals surface area contributed by atoms with Crippen LogP contribution in [-0.2, 0) is 6.42 Å². The first-order valence-corrected chi connectivity index (χ1v) is 7.41. The standard InChI is InChI=1S/C17H18N2O4/c1-2-12-5-3-4-6-14(12)21-10-18-17(20)19-13-7-8-15-16(9-13)23-11-22-15/h3-9H,2,10-11H2,1H3,(H2,18,19,20). The molecule has 0 fully saturated rings. The third-order valence-electron chi connectivity index (χ3n) is 3.44. The van der Waals surface area contributed by atoms with Gasteiger partial charge in [-0.2, -0.15) is 0 Å². The Labute approximate surface area is 134 Å². The Morgan fingerprint density at radius 2 is 2.00 bits per heavy atom. The summed E-state index contributed by atoms with van der Waals surface area (Å²) in [5.74, 6) is 2.07. The average Bonchev–Trinajstić information content (AvgIpc) is 3.03. The van der Waals surface area contributed by atoms with Gasteiger partial charge in [-0.3, -0.25) is 0 Å². The largest absolute Gasteiger partial charge is 0.473 e. The summed E-state index contributed by atoms with van der Waals surface area (Å²) in [4.78, 5) is 11.9. The van der Waals surface area contributed by atoms with Gasteiger partial charge in [0.25, 0.3) is 0 Å². The number of urea groups is 1. The van der Waals surface area contributed by atoms with Crippen molar-refractivity contribution in [1.29, 1.82) is 0 Å². The van der Waals surface area contributed by atoms with Crippen LogP contribution in [0.15, 0.2) is 42.5 Å². The van der Waals surface area contributed by atoms with E-state index in [0.717, 1.165) is 17.7 Å². The molecule has 0 aromatic heterocycles. The average molecular weight is 314 g/mol. The fraction of sp³-hybridized carbons (Fsp3) is 0.235. The van der Waals surface area contributed by atoms with Crippen LogP contribution in [0.2, 0.25) is 0 Å². The van der Waals surface area contributed by atoms with E-state index in [4.69, 9.17) is 14.2 Å². The third-order valence-corrected chi connectivity index (χ3v) is 3.44. The first-order valence-electron chi connectivity index (χ1n) is 7.41. The molecule has 2 amide bonds. The Morgan fingerprint density at radius 3 is 2.87 bits per heavy atom. The van der Waals surface area contributed by atoms with E-state index in [9.17, 15) is 4.79 Å². The highest BCUT2D eigenvalue weighted by atomic mass is 16.7. The first-order chi connectivity index (χ1) is 11.3. The van der Waals surface area contributed by atoms with Crippen molar-refractivity contribution in [2.45, 2.75) is 13.3 Å². The molecule has 2 aromatic carbocycles. The van der Waals surface area contributed by atoms with Gasteiger partial charge in [-0.25, -0.2) is 4.79 Å². The second-order valence-corrected chi connectivity index (χ2v) is 4.95. The van der Waals surface area contributed by atoms with E-state index in [1.54, 1.807) is 18.2 Å². The smallest absolute Gasteiger partial charge is 0.321 e. The number of nitrogens with one attached hydrogen (secondary N) is 2. The van der Waals surface area contributed by atoms with Crippen molar-refractivity contribution in [3.05, 3.63) is 48.0 Å². The van der Waals surface area contributed by atoms with Crippen LogP contribution in [0.3, 0.4) is 0 Å². The van der Waals surface area contributed by atoms with Crippen LogP contribution in [0.4, 0.5) is 10.5 Å². The molecular formula is C17H18N2O4. The quantitative estimate of drug-likeness (QED) is 0.832. The molecule has 0 unspecified atom stereocenters. The van der Waals surface area contributed by atoms with Crippen molar-refractivity contribution in [2.75, 3.05) is 18.8 Å². The molecule has 23 heavy (non-hydrogen) atoms. The highest BCUT2D eigenvalue weighted by Crippen LogP contribution is 2.34. The zero-order chi connectivity index (χ0) is 16.1. The van der Waals surface area contributed by atoms with E-state index in [-0.39, 0.29) is 19.6 Å². The van der Waals surface area contributed by atoms with Crippen LogP contribution in [-0.4, -0.2) is 19.6 Å². The predicted molar refractivity (Wildman–Crippen MR) is 86.0 cm³/mol. The van der Waals surface area contributed by atoms with Crippen LogP contribution in [0.25, 0.3) is 0 Å². The van der Waals surface area contributed by atoms with Crippen LogP contribution < -0.4 is 24.8 Å². The molecule has 2 aromatic rings. The summed E-state index contributed by atoms with van der Waals surface area (Å²) < 4.78 is 16.1. The third kappa shape index (κ3) is 3.66. The topological polar surface area (TPSA) is 68.8 Å². The minimum atomic E-state index is -0.349. The number of para-hydroxylation sites is 1. The second-order valence-electron chi connectivity index (χ2n) is 4.95. The zero-order valence-corrected chi connectivity index (χ0v) is 12.8. The minimum absolute atomic E-state index is 0.0907. The molecule has 6 nitrogen and oxygen atoms in total. The lowest BCUT2D eigenvalue weighted by Crippen LogP contribution is -2.32. The zero-order valence-electron chi connectivity index (χ0n) is 12.8. The molecule has 6 heteroatoms. The van der Waals surface area contributed by atoms with E-state index in [0.29, 0.717) is 17.2 Å². The molecule has 3 rings (SSSR count). The lowest BCUT2D eigenvalue weighted by atomic mass is 10.1. The van der Waals surface area contributed by atoms with Gasteiger partial charge in [0.1, 0.15) is 5.75 Å². The van der Waals surface area contributed by atoms with E-state index >= 15 is 0 Å². The Hall–Kier alpha value is -2.89. The number of rotatable bonds is 5. The first kappa shape index (κ1) is 15.0. The maximum atomic E-state index is 11.9. The molecule has 0 saturated heterocycles. The summed E-state index contributed by atoms with van der Waals surface area (Å²) in [6, 6.07) is 12.6. The maximum Gasteiger partial charge on any atom is 0.321 e.